The van der Waals surface area contributed by atoms with Crippen LogP contribution in [0.2, 0.25) is 5.02 Å². The van der Waals surface area contributed by atoms with Gasteiger partial charge in [0.05, 0.1) is 10.6 Å². The Hall–Kier alpha value is -3.97. The third-order valence-corrected chi connectivity index (χ3v) is 4.80. The van der Waals surface area contributed by atoms with E-state index in [0.29, 0.717) is 17.5 Å². The van der Waals surface area contributed by atoms with Crippen LogP contribution < -0.4 is 16.0 Å². The van der Waals surface area contributed by atoms with Gasteiger partial charge in [0.1, 0.15) is 11.6 Å². The molecular weight excluding hydrogens is 429 g/mol. The lowest BCUT2D eigenvalue weighted by molar-refractivity contribution is 0.102. The maximum atomic E-state index is 13.9. The molecule has 0 radical (unpaired) electrons. The number of amides is 1. The highest BCUT2D eigenvalue weighted by Crippen LogP contribution is 2.23. The van der Waals surface area contributed by atoms with Gasteiger partial charge >= 0.3 is 0 Å². The molecule has 0 fully saturated rings. The zero-order valence-electron chi connectivity index (χ0n) is 17.1. The van der Waals surface area contributed by atoms with E-state index in [-0.39, 0.29) is 10.6 Å². The van der Waals surface area contributed by atoms with E-state index in [1.165, 1.54) is 18.2 Å². The van der Waals surface area contributed by atoms with Gasteiger partial charge in [-0.2, -0.15) is 4.98 Å². The fraction of sp³-hybridized carbons (Fsp3) is 0.0417. The number of benzene rings is 3. The molecule has 6 nitrogen and oxygen atoms in total. The fourth-order valence-electron chi connectivity index (χ4n) is 3.03. The molecule has 0 aliphatic carbocycles. The van der Waals surface area contributed by atoms with E-state index in [4.69, 9.17) is 11.6 Å². The quantitative estimate of drug-likeness (QED) is 0.322. The molecule has 3 aromatic carbocycles. The molecule has 1 amide bonds. The predicted octanol–water partition coefficient (Wildman–Crippen LogP) is 6.32. The number of carbonyl (C=O) groups is 1. The molecule has 160 valence electrons. The van der Waals surface area contributed by atoms with Crippen molar-refractivity contribution in [2.24, 2.45) is 0 Å². The van der Waals surface area contributed by atoms with Crippen molar-refractivity contribution in [1.82, 2.24) is 9.97 Å². The van der Waals surface area contributed by atoms with Crippen LogP contribution in [0.15, 0.2) is 78.9 Å². The van der Waals surface area contributed by atoms with Crippen LogP contribution in [-0.4, -0.2) is 15.9 Å². The Labute approximate surface area is 189 Å². The van der Waals surface area contributed by atoms with Crippen LogP contribution in [0.4, 0.5) is 33.2 Å². The van der Waals surface area contributed by atoms with E-state index >= 15 is 0 Å². The zero-order chi connectivity index (χ0) is 22.5. The van der Waals surface area contributed by atoms with Crippen molar-refractivity contribution >= 4 is 46.3 Å². The van der Waals surface area contributed by atoms with E-state index in [2.05, 4.69) is 25.9 Å². The van der Waals surface area contributed by atoms with Crippen molar-refractivity contribution in [3.8, 4) is 0 Å². The third-order valence-electron chi connectivity index (χ3n) is 4.49. The molecular formula is C24H19ClFN5O. The molecule has 4 aromatic rings. The lowest BCUT2D eigenvalue weighted by atomic mass is 10.2. The number of nitrogens with one attached hydrogen (secondary N) is 3. The third kappa shape index (κ3) is 5.19. The van der Waals surface area contributed by atoms with Crippen molar-refractivity contribution in [3.05, 3.63) is 101 Å². The highest BCUT2D eigenvalue weighted by Gasteiger charge is 2.15. The predicted molar refractivity (Wildman–Crippen MR) is 126 cm³/mol. The number of nitrogens with zero attached hydrogens (tertiary/aromatic N) is 2. The Balaban J connectivity index is 1.45. The van der Waals surface area contributed by atoms with Gasteiger partial charge in [0.15, 0.2) is 0 Å². The SMILES string of the molecule is Cc1cc(Nc2ccccc2)nc(Nc2ccc(NC(=O)c3c(F)cccc3Cl)cc2)n1. The summed E-state index contributed by atoms with van der Waals surface area (Å²) < 4.78 is 13.9. The summed E-state index contributed by atoms with van der Waals surface area (Å²) in [6.45, 7) is 1.88. The molecule has 0 atom stereocenters. The monoisotopic (exact) mass is 447 g/mol. The average molecular weight is 448 g/mol. The highest BCUT2D eigenvalue weighted by molar-refractivity contribution is 6.34. The largest absolute Gasteiger partial charge is 0.340 e. The summed E-state index contributed by atoms with van der Waals surface area (Å²) in [5, 5.41) is 9.09. The smallest absolute Gasteiger partial charge is 0.260 e. The van der Waals surface area contributed by atoms with E-state index in [0.717, 1.165) is 17.1 Å². The number of aromatic nitrogens is 2. The number of anilines is 5. The minimum absolute atomic E-state index is 0.0531. The molecule has 8 heteroatoms. The van der Waals surface area contributed by atoms with Crippen LogP contribution >= 0.6 is 11.6 Å². The van der Waals surface area contributed by atoms with Gasteiger partial charge in [-0.3, -0.25) is 4.79 Å². The van der Waals surface area contributed by atoms with Crippen molar-refractivity contribution in [3.63, 3.8) is 0 Å². The van der Waals surface area contributed by atoms with Crippen molar-refractivity contribution in [1.29, 1.82) is 0 Å². The second-order valence-electron chi connectivity index (χ2n) is 6.96. The standard InChI is InChI=1S/C24H19ClFN5O/c1-15-14-21(28-16-6-3-2-4-7-16)31-24(27-15)30-18-12-10-17(11-13-18)29-23(32)22-19(25)8-5-9-20(22)26/h2-14H,1H3,(H,29,32)(H2,27,28,30,31). The fourth-order valence-corrected chi connectivity index (χ4v) is 3.28. The van der Waals surface area contributed by atoms with E-state index in [1.807, 2.05) is 43.3 Å². The van der Waals surface area contributed by atoms with Gasteiger partial charge in [-0.15, -0.1) is 0 Å². The number of hydrogen-bond donors (Lipinski definition) is 3. The van der Waals surface area contributed by atoms with Crippen molar-refractivity contribution in [2.75, 3.05) is 16.0 Å². The molecule has 1 aromatic heterocycles. The second-order valence-corrected chi connectivity index (χ2v) is 7.37. The molecule has 32 heavy (non-hydrogen) atoms. The molecule has 0 bridgehead atoms. The number of aryl methyl sites for hydroxylation is 1. The molecule has 0 saturated carbocycles. The molecule has 0 saturated heterocycles. The maximum absolute atomic E-state index is 13.9. The van der Waals surface area contributed by atoms with E-state index in [1.54, 1.807) is 24.3 Å². The summed E-state index contributed by atoms with van der Waals surface area (Å²) in [4.78, 5) is 21.3. The van der Waals surface area contributed by atoms with Crippen LogP contribution in [0, 0.1) is 12.7 Å². The summed E-state index contributed by atoms with van der Waals surface area (Å²) in [5.74, 6) is -0.201. The molecule has 0 aliphatic heterocycles. The average Bonchev–Trinajstić information content (AvgIpc) is 2.75. The van der Waals surface area contributed by atoms with Gasteiger partial charge in [-0.1, -0.05) is 35.9 Å². The van der Waals surface area contributed by atoms with Gasteiger partial charge in [0.25, 0.3) is 5.91 Å². The first-order chi connectivity index (χ1) is 15.5. The van der Waals surface area contributed by atoms with Gasteiger partial charge in [-0.25, -0.2) is 9.37 Å². The summed E-state index contributed by atoms with van der Waals surface area (Å²) in [5.41, 5.74) is 2.75. The Morgan fingerprint density at radius 3 is 2.25 bits per heavy atom. The molecule has 0 spiro atoms. The highest BCUT2D eigenvalue weighted by atomic mass is 35.5. The zero-order valence-corrected chi connectivity index (χ0v) is 17.8. The molecule has 4 rings (SSSR count). The topological polar surface area (TPSA) is 78.9 Å². The normalized spacial score (nSPS) is 10.5. The van der Waals surface area contributed by atoms with Crippen molar-refractivity contribution < 1.29 is 9.18 Å². The first-order valence-electron chi connectivity index (χ1n) is 9.78. The first kappa shape index (κ1) is 21.3. The Bertz CT molecular complexity index is 1230. The lowest BCUT2D eigenvalue weighted by Crippen LogP contribution is -2.14. The first-order valence-corrected chi connectivity index (χ1v) is 10.2. The number of carbonyl (C=O) groups excluding carboxylic acids is 1. The van der Waals surface area contributed by atoms with Crippen LogP contribution in [0.1, 0.15) is 16.1 Å². The summed E-state index contributed by atoms with van der Waals surface area (Å²) in [6.07, 6.45) is 0. The minimum atomic E-state index is -0.676. The van der Waals surface area contributed by atoms with Gasteiger partial charge in [0.2, 0.25) is 5.95 Å². The maximum Gasteiger partial charge on any atom is 0.260 e. The summed E-state index contributed by atoms with van der Waals surface area (Å²) in [7, 11) is 0. The van der Waals surface area contributed by atoms with Crippen LogP contribution in [-0.2, 0) is 0 Å². The van der Waals surface area contributed by atoms with Crippen LogP contribution in [0.25, 0.3) is 0 Å². The summed E-state index contributed by atoms with van der Waals surface area (Å²) >= 11 is 5.95. The Morgan fingerprint density at radius 1 is 0.844 bits per heavy atom. The summed E-state index contributed by atoms with van der Waals surface area (Å²) in [6, 6.07) is 22.6. The van der Waals surface area contributed by atoms with Crippen LogP contribution in [0.3, 0.4) is 0 Å². The Kier molecular flexibility index (Phi) is 6.28. The van der Waals surface area contributed by atoms with Crippen LogP contribution in [0.5, 0.6) is 0 Å². The van der Waals surface area contributed by atoms with Gasteiger partial charge in [-0.05, 0) is 55.5 Å². The van der Waals surface area contributed by atoms with E-state index in [9.17, 15) is 9.18 Å². The van der Waals surface area contributed by atoms with Crippen molar-refractivity contribution in [2.45, 2.75) is 6.92 Å². The molecule has 0 unspecified atom stereocenters. The second kappa shape index (κ2) is 9.45. The Morgan fingerprint density at radius 2 is 1.53 bits per heavy atom. The number of hydrogen-bond acceptors (Lipinski definition) is 5. The number of rotatable bonds is 6. The molecule has 0 aliphatic rings. The van der Waals surface area contributed by atoms with E-state index < -0.39 is 11.7 Å². The lowest BCUT2D eigenvalue weighted by Gasteiger charge is -2.11. The van der Waals surface area contributed by atoms with Gasteiger partial charge in [0, 0.05) is 28.8 Å². The molecule has 1 heterocycles. The number of halogens is 2. The molecule has 3 N–H and O–H groups in total. The minimum Gasteiger partial charge on any atom is -0.340 e. The number of para-hydroxylation sites is 1. The van der Waals surface area contributed by atoms with Gasteiger partial charge < -0.3 is 16.0 Å².